The van der Waals surface area contributed by atoms with Crippen LogP contribution in [-0.4, -0.2) is 21.7 Å². The van der Waals surface area contributed by atoms with Crippen LogP contribution in [0, 0.1) is 0 Å². The third-order valence-corrected chi connectivity index (χ3v) is 5.17. The maximum Gasteiger partial charge on any atom is 0.266 e. The van der Waals surface area contributed by atoms with Crippen LogP contribution in [0.15, 0.2) is 32.5 Å². The molecule has 0 spiro atoms. The van der Waals surface area contributed by atoms with Crippen molar-refractivity contribution in [1.82, 2.24) is 4.90 Å². The summed E-state index contributed by atoms with van der Waals surface area (Å²) in [4.78, 5) is 26.6. The monoisotopic (exact) mass is 385 g/mol. The molecule has 0 atom stereocenters. The van der Waals surface area contributed by atoms with Gasteiger partial charge in [-0.15, -0.1) is 0 Å². The molecule has 1 amide bonds. The lowest BCUT2D eigenvalue weighted by atomic mass is 10.1. The Hall–Kier alpha value is -1.34. The lowest BCUT2D eigenvalue weighted by Gasteiger charge is -2.09. The van der Waals surface area contributed by atoms with E-state index in [9.17, 15) is 9.59 Å². The Bertz CT molecular complexity index is 936. The molecule has 4 nitrogen and oxygen atoms in total. The Morgan fingerprint density at radius 3 is 2.74 bits per heavy atom. The number of hydrogen-bond donors (Lipinski definition) is 0. The van der Waals surface area contributed by atoms with Crippen molar-refractivity contribution < 1.29 is 9.21 Å². The van der Waals surface area contributed by atoms with E-state index in [1.807, 2.05) is 6.92 Å². The smallest absolute Gasteiger partial charge is 0.266 e. The normalized spacial score (nSPS) is 16.8. The minimum absolute atomic E-state index is 0.217. The van der Waals surface area contributed by atoms with E-state index < -0.39 is 0 Å². The van der Waals surface area contributed by atoms with Crippen LogP contribution in [0.1, 0.15) is 12.5 Å². The molecule has 0 N–H and O–H groups in total. The number of hydrogen-bond acceptors (Lipinski definition) is 5. The largest absolute Gasteiger partial charge is 0.462 e. The van der Waals surface area contributed by atoms with Crippen LogP contribution in [0.5, 0.6) is 0 Å². The number of halogens is 2. The van der Waals surface area contributed by atoms with Crippen LogP contribution in [-0.2, 0) is 4.79 Å². The van der Waals surface area contributed by atoms with Crippen LogP contribution in [0.3, 0.4) is 0 Å². The number of nitrogens with zero attached hydrogens (tertiary/aromatic N) is 1. The molecule has 1 aliphatic heterocycles. The Kier molecular flexibility index (Phi) is 4.51. The number of amides is 1. The predicted molar refractivity (Wildman–Crippen MR) is 98.1 cm³/mol. The quantitative estimate of drug-likeness (QED) is 0.568. The number of carbonyl (C=O) groups is 1. The molecule has 118 valence electrons. The number of carbonyl (C=O) groups excluding carboxylic acids is 1. The van der Waals surface area contributed by atoms with Gasteiger partial charge in [0.1, 0.15) is 10.6 Å². The molecule has 0 saturated carbocycles. The zero-order chi connectivity index (χ0) is 16.7. The molecular weight excluding hydrogens is 377 g/mol. The lowest BCUT2D eigenvalue weighted by molar-refractivity contribution is -0.121. The van der Waals surface area contributed by atoms with Crippen LogP contribution < -0.4 is 5.43 Å². The fraction of sp³-hybridized carbons (Fsp3) is 0.133. The predicted octanol–water partition coefficient (Wildman–Crippen LogP) is 4.32. The SMILES string of the molecule is CCN1C(=O)/C(=C\c2coc3c(Cl)cc(Cl)cc3c2=O)SC1=S. The second kappa shape index (κ2) is 6.28. The second-order valence-corrected chi connectivity index (χ2v) is 7.23. The van der Waals surface area contributed by atoms with E-state index in [0.717, 1.165) is 11.8 Å². The molecule has 23 heavy (non-hydrogen) atoms. The summed E-state index contributed by atoms with van der Waals surface area (Å²) in [6.45, 7) is 2.32. The second-order valence-electron chi connectivity index (χ2n) is 4.71. The van der Waals surface area contributed by atoms with Crippen molar-refractivity contribution in [3.05, 3.63) is 49.1 Å². The van der Waals surface area contributed by atoms with Crippen molar-refractivity contribution in [2.75, 3.05) is 6.54 Å². The van der Waals surface area contributed by atoms with Crippen LogP contribution in [0.2, 0.25) is 10.0 Å². The van der Waals surface area contributed by atoms with Crippen LogP contribution in [0.4, 0.5) is 0 Å². The van der Waals surface area contributed by atoms with Crippen molar-refractivity contribution in [1.29, 1.82) is 0 Å². The van der Waals surface area contributed by atoms with Gasteiger partial charge in [-0.05, 0) is 25.1 Å². The molecule has 2 heterocycles. The lowest BCUT2D eigenvalue weighted by Crippen LogP contribution is -2.27. The molecule has 2 aromatic rings. The molecule has 0 aliphatic carbocycles. The highest BCUT2D eigenvalue weighted by molar-refractivity contribution is 8.26. The molecule has 0 unspecified atom stereocenters. The molecule has 1 aromatic carbocycles. The highest BCUT2D eigenvalue weighted by Gasteiger charge is 2.30. The first-order chi connectivity index (χ1) is 10.9. The topological polar surface area (TPSA) is 50.5 Å². The third-order valence-electron chi connectivity index (χ3n) is 3.30. The Balaban J connectivity index is 2.14. The number of likely N-dealkylation sites (N-methyl/N-ethyl adjacent to an activating group) is 1. The summed E-state index contributed by atoms with van der Waals surface area (Å²) in [5, 5.41) is 0.861. The van der Waals surface area contributed by atoms with E-state index in [1.54, 1.807) is 0 Å². The molecule has 0 bridgehead atoms. The van der Waals surface area contributed by atoms with Gasteiger partial charge in [0, 0.05) is 11.6 Å². The van der Waals surface area contributed by atoms with Crippen LogP contribution >= 0.6 is 47.2 Å². The Morgan fingerprint density at radius 1 is 1.35 bits per heavy atom. The molecule has 1 aliphatic rings. The van der Waals surface area contributed by atoms with E-state index in [0.29, 0.717) is 20.8 Å². The third kappa shape index (κ3) is 2.92. The molecular formula is C15H9Cl2NO3S2. The summed E-state index contributed by atoms with van der Waals surface area (Å²) in [6.07, 6.45) is 2.76. The molecule has 1 fully saturated rings. The number of thioether (sulfide) groups is 1. The van der Waals surface area contributed by atoms with Gasteiger partial charge < -0.3 is 4.42 Å². The fourth-order valence-electron chi connectivity index (χ4n) is 2.19. The van der Waals surface area contributed by atoms with Crippen molar-refractivity contribution in [2.45, 2.75) is 6.92 Å². The van der Waals surface area contributed by atoms with Gasteiger partial charge in [0.15, 0.2) is 11.0 Å². The van der Waals surface area contributed by atoms with Gasteiger partial charge in [0.25, 0.3) is 5.91 Å². The summed E-state index contributed by atoms with van der Waals surface area (Å²) in [7, 11) is 0. The number of fused-ring (bicyclic) bond motifs is 1. The van der Waals surface area contributed by atoms with Gasteiger partial charge >= 0.3 is 0 Å². The van der Waals surface area contributed by atoms with E-state index in [4.69, 9.17) is 39.8 Å². The van der Waals surface area contributed by atoms with E-state index in [2.05, 4.69) is 0 Å². The average molecular weight is 386 g/mol. The van der Waals surface area contributed by atoms with Gasteiger partial charge in [0.2, 0.25) is 0 Å². The molecule has 1 saturated heterocycles. The summed E-state index contributed by atoms with van der Waals surface area (Å²) < 4.78 is 5.90. The summed E-state index contributed by atoms with van der Waals surface area (Å²) in [5.74, 6) is -0.217. The van der Waals surface area contributed by atoms with Gasteiger partial charge in [-0.2, -0.15) is 0 Å². The molecule has 0 radical (unpaired) electrons. The first-order valence-corrected chi connectivity index (χ1v) is 8.56. The molecule has 3 rings (SSSR count). The Labute approximate surface area is 151 Å². The van der Waals surface area contributed by atoms with E-state index in [-0.39, 0.29) is 32.9 Å². The maximum absolute atomic E-state index is 12.6. The minimum atomic E-state index is -0.308. The molecule has 8 heteroatoms. The number of thiocarbonyl (C=S) groups is 1. The average Bonchev–Trinajstić information content (AvgIpc) is 2.76. The van der Waals surface area contributed by atoms with Gasteiger partial charge in [-0.1, -0.05) is 47.2 Å². The summed E-state index contributed by atoms with van der Waals surface area (Å²) in [5.41, 5.74) is 0.198. The highest BCUT2D eigenvalue weighted by atomic mass is 35.5. The van der Waals surface area contributed by atoms with Gasteiger partial charge in [0.05, 0.1) is 20.9 Å². The van der Waals surface area contributed by atoms with Crippen molar-refractivity contribution in [2.24, 2.45) is 0 Å². The zero-order valence-corrected chi connectivity index (χ0v) is 14.9. The zero-order valence-electron chi connectivity index (χ0n) is 11.8. The Morgan fingerprint density at radius 2 is 2.09 bits per heavy atom. The molecule has 1 aromatic heterocycles. The van der Waals surface area contributed by atoms with Crippen LogP contribution in [0.25, 0.3) is 17.0 Å². The van der Waals surface area contributed by atoms with Gasteiger partial charge in [-0.3, -0.25) is 14.5 Å². The standard InChI is InChI=1S/C15H9Cl2NO3S2/c1-2-18-14(20)11(23-15(18)22)3-7-6-21-13-9(12(7)19)4-8(16)5-10(13)17/h3-6H,2H2,1H3/b11-3+. The first-order valence-electron chi connectivity index (χ1n) is 6.58. The summed E-state index contributed by atoms with van der Waals surface area (Å²) in [6, 6.07) is 2.99. The summed E-state index contributed by atoms with van der Waals surface area (Å²) >= 11 is 18.3. The van der Waals surface area contributed by atoms with Crippen molar-refractivity contribution in [3.63, 3.8) is 0 Å². The van der Waals surface area contributed by atoms with Crippen molar-refractivity contribution >= 4 is 74.5 Å². The van der Waals surface area contributed by atoms with Gasteiger partial charge in [-0.25, -0.2) is 0 Å². The minimum Gasteiger partial charge on any atom is -0.462 e. The van der Waals surface area contributed by atoms with E-state index >= 15 is 0 Å². The maximum atomic E-state index is 12.6. The number of benzene rings is 1. The first kappa shape index (κ1) is 16.5. The van der Waals surface area contributed by atoms with E-state index in [1.165, 1.54) is 29.4 Å². The fourth-order valence-corrected chi connectivity index (χ4v) is 4.11. The highest BCUT2D eigenvalue weighted by Crippen LogP contribution is 2.32. The number of rotatable bonds is 2. The van der Waals surface area contributed by atoms with Crippen molar-refractivity contribution in [3.8, 4) is 0 Å².